The molecule has 19 heavy (non-hydrogen) atoms. The molecule has 0 heterocycles. The van der Waals surface area contributed by atoms with Crippen LogP contribution in [-0.4, -0.2) is 15.8 Å². The van der Waals surface area contributed by atoms with Gasteiger partial charge in [-0.15, -0.1) is 0 Å². The van der Waals surface area contributed by atoms with E-state index in [1.165, 1.54) is 6.92 Å². The summed E-state index contributed by atoms with van der Waals surface area (Å²) in [5, 5.41) is -0.114. The quantitative estimate of drug-likeness (QED) is 0.612. The molecule has 1 atom stereocenters. The van der Waals surface area contributed by atoms with Crippen molar-refractivity contribution in [2.24, 2.45) is 0 Å². The Morgan fingerprint density at radius 3 is 2.47 bits per heavy atom. The van der Waals surface area contributed by atoms with Crippen LogP contribution in [0.5, 0.6) is 0 Å². The molecule has 0 aliphatic heterocycles. The number of hydrogen-bond donors (Lipinski definition) is 0. The van der Waals surface area contributed by atoms with Gasteiger partial charge in [-0.1, -0.05) is 54.2 Å². The van der Waals surface area contributed by atoms with Crippen LogP contribution in [0.1, 0.15) is 26.3 Å². The molecule has 0 amide bonds. The number of carbonyl (C=O) groups excluding carboxylic acids is 2. The first-order chi connectivity index (χ1) is 8.98. The highest BCUT2D eigenvalue weighted by Crippen LogP contribution is 2.29. The lowest BCUT2D eigenvalue weighted by molar-refractivity contribution is -0.146. The minimum Gasteiger partial charge on any atom is -0.460 e. The summed E-state index contributed by atoms with van der Waals surface area (Å²) in [6, 6.07) is 9.45. The zero-order valence-corrected chi connectivity index (χ0v) is 12.2. The van der Waals surface area contributed by atoms with E-state index in [0.29, 0.717) is 0 Å². The van der Waals surface area contributed by atoms with Gasteiger partial charge < -0.3 is 4.74 Å². The van der Waals surface area contributed by atoms with Crippen LogP contribution < -0.4 is 0 Å². The van der Waals surface area contributed by atoms with Crippen molar-refractivity contribution in [2.45, 2.75) is 32.1 Å². The number of benzene rings is 1. The largest absolute Gasteiger partial charge is 0.460 e. The van der Waals surface area contributed by atoms with Gasteiger partial charge in [0.1, 0.15) is 11.4 Å². The summed E-state index contributed by atoms with van der Waals surface area (Å²) in [6.07, 6.45) is 3.44. The third-order valence-corrected chi connectivity index (χ3v) is 3.47. The Labute approximate surface area is 118 Å². The molecule has 0 aromatic heterocycles. The summed E-state index contributed by atoms with van der Waals surface area (Å²) in [7, 11) is 0. The number of ether oxygens (including phenoxy) is 1. The van der Waals surface area contributed by atoms with Crippen LogP contribution in [0.4, 0.5) is 0 Å². The molecule has 102 valence electrons. The van der Waals surface area contributed by atoms with Crippen LogP contribution in [0.2, 0.25) is 0 Å². The van der Waals surface area contributed by atoms with E-state index in [0.717, 1.165) is 17.3 Å². The zero-order chi connectivity index (χ0) is 14.3. The SMILES string of the molecule is CC=C[C@@](C)(SC(C)=O)C(=O)OCc1ccccc1. The van der Waals surface area contributed by atoms with Gasteiger partial charge >= 0.3 is 5.97 Å². The lowest BCUT2D eigenvalue weighted by Crippen LogP contribution is -2.32. The number of hydrogen-bond acceptors (Lipinski definition) is 4. The molecule has 3 nitrogen and oxygen atoms in total. The van der Waals surface area contributed by atoms with Gasteiger partial charge in [0.25, 0.3) is 0 Å². The molecule has 0 bridgehead atoms. The first kappa shape index (κ1) is 15.5. The molecule has 0 radical (unpaired) electrons. The van der Waals surface area contributed by atoms with Gasteiger partial charge in [0, 0.05) is 6.92 Å². The van der Waals surface area contributed by atoms with E-state index in [2.05, 4.69) is 0 Å². The predicted molar refractivity (Wildman–Crippen MR) is 77.7 cm³/mol. The monoisotopic (exact) mass is 278 g/mol. The van der Waals surface area contributed by atoms with Gasteiger partial charge in [-0.3, -0.25) is 9.59 Å². The maximum atomic E-state index is 12.1. The topological polar surface area (TPSA) is 43.4 Å². The first-order valence-corrected chi connectivity index (χ1v) is 6.84. The van der Waals surface area contributed by atoms with E-state index in [9.17, 15) is 9.59 Å². The fraction of sp³-hybridized carbons (Fsp3) is 0.333. The van der Waals surface area contributed by atoms with E-state index in [4.69, 9.17) is 4.74 Å². The van der Waals surface area contributed by atoms with Crippen molar-refractivity contribution < 1.29 is 14.3 Å². The maximum Gasteiger partial charge on any atom is 0.326 e. The molecule has 1 aromatic carbocycles. The van der Waals surface area contributed by atoms with Crippen molar-refractivity contribution in [2.75, 3.05) is 0 Å². The number of rotatable bonds is 5. The lowest BCUT2D eigenvalue weighted by atomic mass is 10.1. The van der Waals surface area contributed by atoms with Crippen LogP contribution in [0.25, 0.3) is 0 Å². The molecule has 0 spiro atoms. The summed E-state index contributed by atoms with van der Waals surface area (Å²) < 4.78 is 4.32. The summed E-state index contributed by atoms with van der Waals surface area (Å²) in [6.45, 7) is 5.15. The molecule has 4 heteroatoms. The minimum atomic E-state index is -0.963. The van der Waals surface area contributed by atoms with Gasteiger partial charge in [-0.05, 0) is 19.4 Å². The lowest BCUT2D eigenvalue weighted by Gasteiger charge is -2.21. The van der Waals surface area contributed by atoms with Gasteiger partial charge in [-0.2, -0.15) is 0 Å². The van der Waals surface area contributed by atoms with E-state index in [-0.39, 0.29) is 11.7 Å². The molecule has 0 aliphatic carbocycles. The highest BCUT2D eigenvalue weighted by atomic mass is 32.2. The normalized spacial score (nSPS) is 14.1. The minimum absolute atomic E-state index is 0.114. The van der Waals surface area contributed by atoms with Crippen molar-refractivity contribution in [3.63, 3.8) is 0 Å². The third-order valence-electron chi connectivity index (χ3n) is 2.46. The highest BCUT2D eigenvalue weighted by molar-refractivity contribution is 8.15. The Bertz CT molecular complexity index is 468. The van der Waals surface area contributed by atoms with Crippen molar-refractivity contribution >= 4 is 22.8 Å². The molecule has 1 aromatic rings. The molecule has 0 unspecified atom stereocenters. The van der Waals surface area contributed by atoms with E-state index in [1.807, 2.05) is 37.3 Å². The standard InChI is InChI=1S/C15H18O3S/c1-4-10-15(3,19-12(2)16)14(17)18-11-13-8-6-5-7-9-13/h4-10H,11H2,1-3H3/t15-/m1/s1. The van der Waals surface area contributed by atoms with Crippen LogP contribution in [0, 0.1) is 0 Å². The summed E-state index contributed by atoms with van der Waals surface area (Å²) in [4.78, 5) is 23.4. The van der Waals surface area contributed by atoms with Crippen molar-refractivity contribution in [3.05, 3.63) is 48.0 Å². The van der Waals surface area contributed by atoms with Crippen molar-refractivity contribution in [1.82, 2.24) is 0 Å². The van der Waals surface area contributed by atoms with Crippen LogP contribution in [0.3, 0.4) is 0 Å². The molecular formula is C15H18O3S. The van der Waals surface area contributed by atoms with Gasteiger partial charge in [-0.25, -0.2) is 0 Å². The van der Waals surface area contributed by atoms with Gasteiger partial charge in [0.15, 0.2) is 5.12 Å². The van der Waals surface area contributed by atoms with E-state index in [1.54, 1.807) is 19.1 Å². The fourth-order valence-electron chi connectivity index (χ4n) is 1.63. The van der Waals surface area contributed by atoms with Crippen LogP contribution in [-0.2, 0) is 20.9 Å². The van der Waals surface area contributed by atoms with E-state index < -0.39 is 10.7 Å². The Morgan fingerprint density at radius 2 is 1.95 bits per heavy atom. The number of esters is 1. The number of allylic oxidation sites excluding steroid dienone is 1. The van der Waals surface area contributed by atoms with Gasteiger partial charge in [0.05, 0.1) is 0 Å². The summed E-state index contributed by atoms with van der Waals surface area (Å²) >= 11 is 0.969. The zero-order valence-electron chi connectivity index (χ0n) is 11.4. The predicted octanol–water partition coefficient (Wildman–Crippen LogP) is 3.34. The van der Waals surface area contributed by atoms with Crippen molar-refractivity contribution in [1.29, 1.82) is 0 Å². The molecule has 0 N–H and O–H groups in total. The van der Waals surface area contributed by atoms with Crippen molar-refractivity contribution in [3.8, 4) is 0 Å². The summed E-state index contributed by atoms with van der Waals surface area (Å²) in [5.74, 6) is -0.408. The number of thioether (sulfide) groups is 1. The fourth-order valence-corrected chi connectivity index (χ4v) is 2.57. The van der Waals surface area contributed by atoms with Gasteiger partial charge in [0.2, 0.25) is 0 Å². The molecule has 0 fully saturated rings. The Balaban J connectivity index is 2.70. The second-order valence-electron chi connectivity index (χ2n) is 4.26. The number of carbonyl (C=O) groups is 2. The molecule has 0 saturated heterocycles. The highest BCUT2D eigenvalue weighted by Gasteiger charge is 2.34. The average molecular weight is 278 g/mol. The Hall–Kier alpha value is -1.55. The first-order valence-electron chi connectivity index (χ1n) is 6.02. The van der Waals surface area contributed by atoms with Crippen LogP contribution in [0.15, 0.2) is 42.5 Å². The second kappa shape index (κ2) is 7.14. The molecule has 0 saturated carbocycles. The second-order valence-corrected chi connectivity index (χ2v) is 5.89. The Morgan fingerprint density at radius 1 is 1.32 bits per heavy atom. The molecule has 0 aliphatic rings. The smallest absolute Gasteiger partial charge is 0.326 e. The third kappa shape index (κ3) is 4.91. The van der Waals surface area contributed by atoms with E-state index >= 15 is 0 Å². The van der Waals surface area contributed by atoms with Crippen LogP contribution >= 0.6 is 11.8 Å². The molecular weight excluding hydrogens is 260 g/mol. The maximum absolute atomic E-state index is 12.1. The Kier molecular flexibility index (Phi) is 5.83. The molecule has 1 rings (SSSR count). The summed E-state index contributed by atoms with van der Waals surface area (Å²) in [5.41, 5.74) is 0.923. The average Bonchev–Trinajstić information content (AvgIpc) is 2.36.